The van der Waals surface area contributed by atoms with Gasteiger partial charge in [0.05, 0.1) is 0 Å². The number of aromatic hydroxyl groups is 1. The molecule has 0 unspecified atom stereocenters. The Hall–Kier alpha value is -2.50. The number of anilines is 2. The molecular weight excluding hydrogens is 376 g/mol. The molecule has 6 heteroatoms. The fourth-order valence-corrected chi connectivity index (χ4v) is 3.71. The first-order valence-corrected chi connectivity index (χ1v) is 9.90. The van der Waals surface area contributed by atoms with E-state index in [1.54, 1.807) is 12.1 Å². The van der Waals surface area contributed by atoms with E-state index in [-0.39, 0.29) is 0 Å². The summed E-state index contributed by atoms with van der Waals surface area (Å²) in [5.41, 5.74) is 4.66. The first kappa shape index (κ1) is 20.2. The van der Waals surface area contributed by atoms with Gasteiger partial charge in [-0.1, -0.05) is 23.7 Å². The summed E-state index contributed by atoms with van der Waals surface area (Å²) in [6.45, 7) is 2.22. The molecule has 3 rings (SSSR count). The van der Waals surface area contributed by atoms with Gasteiger partial charge >= 0.3 is 5.97 Å². The fraction of sp³-hybridized carbons (Fsp3) is 0.318. The number of hydrogen-bond donors (Lipinski definition) is 3. The van der Waals surface area contributed by atoms with Gasteiger partial charge in [-0.3, -0.25) is 0 Å². The van der Waals surface area contributed by atoms with Crippen LogP contribution in [0.1, 0.15) is 24.0 Å². The van der Waals surface area contributed by atoms with E-state index in [0.29, 0.717) is 12.3 Å². The van der Waals surface area contributed by atoms with Crippen LogP contribution >= 0.6 is 11.6 Å². The molecule has 0 spiro atoms. The Balaban J connectivity index is 1.67. The van der Waals surface area contributed by atoms with Crippen molar-refractivity contribution in [3.63, 3.8) is 0 Å². The van der Waals surface area contributed by atoms with Crippen molar-refractivity contribution in [2.45, 2.75) is 25.7 Å². The van der Waals surface area contributed by atoms with Gasteiger partial charge in [-0.05, 0) is 73.7 Å². The Morgan fingerprint density at radius 1 is 1.11 bits per heavy atom. The van der Waals surface area contributed by atoms with Crippen molar-refractivity contribution >= 4 is 28.9 Å². The van der Waals surface area contributed by atoms with Crippen molar-refractivity contribution in [2.75, 3.05) is 24.5 Å². The van der Waals surface area contributed by atoms with Crippen LogP contribution < -0.4 is 10.2 Å². The number of rotatable bonds is 8. The van der Waals surface area contributed by atoms with Gasteiger partial charge < -0.3 is 20.4 Å². The van der Waals surface area contributed by atoms with Gasteiger partial charge in [0.2, 0.25) is 0 Å². The molecule has 0 aliphatic carbocycles. The van der Waals surface area contributed by atoms with Crippen LogP contribution in [0.15, 0.2) is 48.6 Å². The van der Waals surface area contributed by atoms with Crippen molar-refractivity contribution in [3.8, 4) is 5.75 Å². The van der Waals surface area contributed by atoms with Crippen LogP contribution in [0.4, 0.5) is 11.4 Å². The summed E-state index contributed by atoms with van der Waals surface area (Å²) in [6.07, 6.45) is 6.50. The predicted molar refractivity (Wildman–Crippen MR) is 113 cm³/mol. The zero-order valence-corrected chi connectivity index (χ0v) is 16.5. The van der Waals surface area contributed by atoms with Crippen molar-refractivity contribution < 1.29 is 15.0 Å². The van der Waals surface area contributed by atoms with Crippen molar-refractivity contribution in [1.82, 2.24) is 5.32 Å². The normalized spacial score (nSPS) is 13.2. The maximum Gasteiger partial charge on any atom is 0.328 e. The summed E-state index contributed by atoms with van der Waals surface area (Å²) in [5, 5.41) is 22.4. The molecule has 1 aliphatic rings. The van der Waals surface area contributed by atoms with Crippen LogP contribution in [0.25, 0.3) is 0 Å². The van der Waals surface area contributed by atoms with Gasteiger partial charge in [0.25, 0.3) is 0 Å². The van der Waals surface area contributed by atoms with E-state index in [1.807, 2.05) is 24.3 Å². The van der Waals surface area contributed by atoms with Crippen molar-refractivity contribution in [2.24, 2.45) is 0 Å². The summed E-state index contributed by atoms with van der Waals surface area (Å²) in [5.74, 6) is -0.633. The van der Waals surface area contributed by atoms with E-state index in [4.69, 9.17) is 16.7 Å². The standard InChI is InChI=1S/C22H25ClN2O3/c23-18-8-7-16-5-6-17-14-19(26)9-10-20(17)25(21(16)15-18)13-2-1-11-24-12-3-4-22(27)28/h3-4,7-10,14-15,24,26H,1-2,5-6,11-13H2,(H,27,28)/b4-3+. The quantitative estimate of drug-likeness (QED) is 0.455. The van der Waals surface area contributed by atoms with Crippen molar-refractivity contribution in [1.29, 1.82) is 0 Å². The number of fused-ring (bicyclic) bond motifs is 2. The molecule has 0 aromatic heterocycles. The van der Waals surface area contributed by atoms with E-state index in [1.165, 1.54) is 5.56 Å². The molecule has 148 valence electrons. The highest BCUT2D eigenvalue weighted by molar-refractivity contribution is 6.30. The lowest BCUT2D eigenvalue weighted by molar-refractivity contribution is -0.131. The van der Waals surface area contributed by atoms with E-state index in [2.05, 4.69) is 16.3 Å². The average molecular weight is 401 g/mol. The number of nitrogens with zero attached hydrogens (tertiary/aromatic N) is 1. The predicted octanol–water partition coefficient (Wildman–Crippen LogP) is 4.29. The first-order chi connectivity index (χ1) is 13.5. The second kappa shape index (κ2) is 9.62. The Morgan fingerprint density at radius 2 is 1.93 bits per heavy atom. The van der Waals surface area contributed by atoms with Gasteiger partial charge in [0.15, 0.2) is 0 Å². The van der Waals surface area contributed by atoms with Crippen LogP contribution in [0.2, 0.25) is 5.02 Å². The summed E-state index contributed by atoms with van der Waals surface area (Å²) in [4.78, 5) is 12.7. The zero-order chi connectivity index (χ0) is 19.9. The van der Waals surface area contributed by atoms with Gasteiger partial charge in [-0.2, -0.15) is 0 Å². The largest absolute Gasteiger partial charge is 0.508 e. The molecule has 1 heterocycles. The maximum absolute atomic E-state index is 10.4. The number of carbonyl (C=O) groups is 1. The number of phenols is 1. The molecule has 1 aliphatic heterocycles. The third-order valence-corrected chi connectivity index (χ3v) is 5.10. The Morgan fingerprint density at radius 3 is 2.75 bits per heavy atom. The fourth-order valence-electron chi connectivity index (χ4n) is 3.54. The third-order valence-electron chi connectivity index (χ3n) is 4.86. The number of carboxylic acids is 1. The number of nitrogens with one attached hydrogen (secondary N) is 1. The summed E-state index contributed by atoms with van der Waals surface area (Å²) in [6, 6.07) is 11.6. The van der Waals surface area contributed by atoms with E-state index in [9.17, 15) is 9.90 Å². The molecule has 3 N–H and O–H groups in total. The minimum atomic E-state index is -0.926. The summed E-state index contributed by atoms with van der Waals surface area (Å²) >= 11 is 6.28. The molecule has 0 saturated carbocycles. The average Bonchev–Trinajstić information content (AvgIpc) is 2.80. The van der Waals surface area contributed by atoms with E-state index < -0.39 is 5.97 Å². The molecule has 2 aromatic carbocycles. The molecule has 0 fully saturated rings. The third kappa shape index (κ3) is 5.27. The van der Waals surface area contributed by atoms with Crippen LogP contribution in [-0.2, 0) is 17.6 Å². The molecule has 0 bridgehead atoms. The van der Waals surface area contributed by atoms with Gasteiger partial charge in [0, 0.05) is 35.6 Å². The monoisotopic (exact) mass is 400 g/mol. The second-order valence-corrected chi connectivity index (χ2v) is 7.33. The number of halogens is 1. The number of carboxylic acid groups (broad SMARTS) is 1. The molecule has 0 atom stereocenters. The lowest BCUT2D eigenvalue weighted by Gasteiger charge is -2.27. The van der Waals surface area contributed by atoms with Crippen molar-refractivity contribution in [3.05, 3.63) is 64.7 Å². The Bertz CT molecular complexity index is 867. The lowest BCUT2D eigenvalue weighted by Crippen LogP contribution is -2.22. The van der Waals surface area contributed by atoms with E-state index in [0.717, 1.165) is 66.8 Å². The van der Waals surface area contributed by atoms with Gasteiger partial charge in [0.1, 0.15) is 5.75 Å². The molecule has 0 amide bonds. The Kier molecular flexibility index (Phi) is 6.95. The summed E-state index contributed by atoms with van der Waals surface area (Å²) in [7, 11) is 0. The first-order valence-electron chi connectivity index (χ1n) is 9.52. The number of unbranched alkanes of at least 4 members (excludes halogenated alkanes) is 1. The minimum Gasteiger partial charge on any atom is -0.508 e. The van der Waals surface area contributed by atoms with Crippen LogP contribution in [0.5, 0.6) is 5.75 Å². The maximum atomic E-state index is 10.4. The minimum absolute atomic E-state index is 0.293. The van der Waals surface area contributed by atoms with Crippen LogP contribution in [-0.4, -0.2) is 35.8 Å². The molecular formula is C22H25ClN2O3. The summed E-state index contributed by atoms with van der Waals surface area (Å²) < 4.78 is 0. The van der Waals surface area contributed by atoms with Gasteiger partial charge in [-0.25, -0.2) is 4.79 Å². The highest BCUT2D eigenvalue weighted by atomic mass is 35.5. The topological polar surface area (TPSA) is 72.8 Å². The molecule has 5 nitrogen and oxygen atoms in total. The number of phenolic OH excluding ortho intramolecular Hbond substituents is 1. The molecule has 0 radical (unpaired) electrons. The molecule has 0 saturated heterocycles. The van der Waals surface area contributed by atoms with Crippen LogP contribution in [0.3, 0.4) is 0 Å². The highest BCUT2D eigenvalue weighted by Crippen LogP contribution is 2.38. The number of aliphatic carboxylic acids is 1. The zero-order valence-electron chi connectivity index (χ0n) is 15.7. The van der Waals surface area contributed by atoms with Crippen LogP contribution in [0, 0.1) is 0 Å². The number of aryl methyl sites for hydroxylation is 2. The number of hydrogen-bond acceptors (Lipinski definition) is 4. The Labute approximate surface area is 170 Å². The number of benzene rings is 2. The highest BCUT2D eigenvalue weighted by Gasteiger charge is 2.21. The smallest absolute Gasteiger partial charge is 0.328 e. The molecule has 2 aromatic rings. The molecule has 28 heavy (non-hydrogen) atoms. The van der Waals surface area contributed by atoms with E-state index >= 15 is 0 Å². The van der Waals surface area contributed by atoms with Gasteiger partial charge in [-0.15, -0.1) is 0 Å². The SMILES string of the molecule is O=C(O)/C=C/CNCCCCN1c2ccc(O)cc2CCc2ccc(Cl)cc21. The second-order valence-electron chi connectivity index (χ2n) is 6.89. The lowest BCUT2D eigenvalue weighted by atomic mass is 10.0.